The van der Waals surface area contributed by atoms with E-state index < -0.39 is 23.3 Å². The van der Waals surface area contributed by atoms with E-state index in [1.165, 1.54) is 48.5 Å². The fraction of sp³-hybridized carbons (Fsp3) is 0. The Morgan fingerprint density at radius 3 is 0.811 bits per heavy atom. The molecule has 0 amide bonds. The van der Waals surface area contributed by atoms with E-state index in [-0.39, 0.29) is 16.8 Å². The van der Waals surface area contributed by atoms with Crippen LogP contribution in [-0.4, -0.2) is 19.9 Å². The van der Waals surface area contributed by atoms with Gasteiger partial charge in [-0.2, -0.15) is 0 Å². The van der Waals surface area contributed by atoms with Crippen LogP contribution in [0.5, 0.6) is 0 Å². The largest absolute Gasteiger partial charge is 0.354 e. The van der Waals surface area contributed by atoms with E-state index in [2.05, 4.69) is 9.97 Å². The average Bonchev–Trinajstić information content (AvgIpc) is 3.96. The molecule has 7 aromatic rings. The summed E-state index contributed by atoms with van der Waals surface area (Å²) >= 11 is 0. The first-order valence-electron chi connectivity index (χ1n) is 16.6. The zero-order valence-corrected chi connectivity index (χ0v) is 28.6. The van der Waals surface area contributed by atoms with Gasteiger partial charge < -0.3 is 9.97 Å². The smallest absolute Gasteiger partial charge is 0.123 e. The number of halogens is 4. The van der Waals surface area contributed by atoms with Gasteiger partial charge in [-0.25, -0.2) is 27.5 Å². The maximum Gasteiger partial charge on any atom is 0.123 e. The van der Waals surface area contributed by atoms with Gasteiger partial charge >= 0.3 is 0 Å². The number of aromatic amines is 2. The van der Waals surface area contributed by atoms with Gasteiger partial charge in [0.25, 0.3) is 0 Å². The molecule has 0 saturated heterocycles. The molecule has 1 radical (unpaired) electrons. The van der Waals surface area contributed by atoms with E-state index in [0.717, 1.165) is 0 Å². The van der Waals surface area contributed by atoms with Crippen LogP contribution < -0.4 is 0 Å². The molecule has 0 spiro atoms. The van der Waals surface area contributed by atoms with Crippen molar-refractivity contribution in [3.63, 3.8) is 0 Å². The van der Waals surface area contributed by atoms with Crippen LogP contribution >= 0.6 is 0 Å². The second-order valence-corrected chi connectivity index (χ2v) is 12.5. The summed E-state index contributed by atoms with van der Waals surface area (Å²) in [5, 5.41) is 0. The van der Waals surface area contributed by atoms with Crippen LogP contribution in [0.3, 0.4) is 0 Å². The second kappa shape index (κ2) is 13.7. The molecule has 9 rings (SSSR count). The predicted molar refractivity (Wildman–Crippen MR) is 200 cm³/mol. The van der Waals surface area contributed by atoms with Gasteiger partial charge in [0.2, 0.25) is 0 Å². The first kappa shape index (κ1) is 33.8. The molecule has 0 fully saturated rings. The van der Waals surface area contributed by atoms with Gasteiger partial charge in [0.15, 0.2) is 0 Å². The standard InChI is InChI=1S/C44H26F4N4.Co/c45-29-9-1-5-25(21-29)41-33-13-15-35(49-33)42(26-6-2-10-30(46)22-26)37-17-19-39(51-37)44(28-8-4-12-32(48)24-28)40-20-18-38(52-40)43(36-16-14-34(41)50-36)27-7-3-11-31(47)23-27;/h1-24,49,52H;. The number of nitrogens with zero attached hydrogens (tertiary/aromatic N) is 2. The van der Waals surface area contributed by atoms with E-state index in [0.29, 0.717) is 89.4 Å². The first-order chi connectivity index (χ1) is 25.4. The van der Waals surface area contributed by atoms with Crippen LogP contribution in [0, 0.1) is 23.3 Å². The van der Waals surface area contributed by atoms with E-state index >= 15 is 0 Å². The van der Waals surface area contributed by atoms with Crippen molar-refractivity contribution < 1.29 is 34.3 Å². The minimum atomic E-state index is -0.410. The SMILES string of the molecule is Fc1cccc(-c2c3nc(c(-c4cccc(F)c4)c4ccc([nH]4)c(-c4cccc(F)c4)c4nc(c(-c5cccc(F)c5)c5ccc2[nH]5)C=C4)C=C3)c1.[Co]. The molecule has 9 heteroatoms. The Hall–Kier alpha value is -6.29. The molecule has 0 unspecified atom stereocenters. The summed E-state index contributed by atoms with van der Waals surface area (Å²) in [4.78, 5) is 17.2. The molecule has 0 saturated carbocycles. The molecule has 0 atom stereocenters. The van der Waals surface area contributed by atoms with Gasteiger partial charge in [0.05, 0.1) is 22.8 Å². The fourth-order valence-electron chi connectivity index (χ4n) is 7.00. The topological polar surface area (TPSA) is 57.4 Å². The van der Waals surface area contributed by atoms with Crippen LogP contribution in [0.2, 0.25) is 0 Å². The zero-order chi connectivity index (χ0) is 35.3. The van der Waals surface area contributed by atoms with Gasteiger partial charge in [0, 0.05) is 61.1 Å². The maximum atomic E-state index is 14.8. The number of H-pyrrole nitrogens is 2. The van der Waals surface area contributed by atoms with Crippen LogP contribution in [-0.2, 0) is 16.8 Å². The van der Waals surface area contributed by atoms with Crippen molar-refractivity contribution in [1.29, 1.82) is 0 Å². The molecule has 2 N–H and O–H groups in total. The van der Waals surface area contributed by atoms with Crippen molar-refractivity contribution in [2.24, 2.45) is 0 Å². The molecule has 0 aliphatic carbocycles. The molecule has 259 valence electrons. The zero-order valence-electron chi connectivity index (χ0n) is 27.6. The minimum absolute atomic E-state index is 0. The molecule has 3 aromatic heterocycles. The van der Waals surface area contributed by atoms with Gasteiger partial charge in [0.1, 0.15) is 23.3 Å². The van der Waals surface area contributed by atoms with Gasteiger partial charge in [-0.15, -0.1) is 0 Å². The van der Waals surface area contributed by atoms with Crippen molar-refractivity contribution in [2.45, 2.75) is 0 Å². The summed E-state index contributed by atoms with van der Waals surface area (Å²) in [6, 6.07) is 32.6. The molecule has 4 aromatic carbocycles. The van der Waals surface area contributed by atoms with Crippen LogP contribution in [0.25, 0.3) is 90.9 Å². The summed E-state index contributed by atoms with van der Waals surface area (Å²) in [5.74, 6) is -1.64. The summed E-state index contributed by atoms with van der Waals surface area (Å²) in [7, 11) is 0. The predicted octanol–water partition coefficient (Wildman–Crippen LogP) is 11.9. The normalized spacial score (nSPS) is 11.8. The Kier molecular flexibility index (Phi) is 8.73. The molecule has 2 aliphatic rings. The molecule has 4 nitrogen and oxygen atoms in total. The van der Waals surface area contributed by atoms with Crippen molar-refractivity contribution in [3.05, 3.63) is 167 Å². The van der Waals surface area contributed by atoms with E-state index in [4.69, 9.17) is 9.97 Å². The molecule has 2 aliphatic heterocycles. The average molecular weight is 746 g/mol. The third-order valence-electron chi connectivity index (χ3n) is 9.21. The quantitative estimate of drug-likeness (QED) is 0.176. The summed E-state index contributed by atoms with van der Waals surface area (Å²) in [6.07, 6.45) is 7.40. The van der Waals surface area contributed by atoms with E-state index in [1.807, 2.05) is 72.8 Å². The van der Waals surface area contributed by atoms with E-state index in [9.17, 15) is 17.6 Å². The molecule has 5 heterocycles. The molecular weight excluding hydrogens is 719 g/mol. The summed E-state index contributed by atoms with van der Waals surface area (Å²) < 4.78 is 59.1. The summed E-state index contributed by atoms with van der Waals surface area (Å²) in [5.41, 5.74) is 9.63. The number of hydrogen-bond acceptors (Lipinski definition) is 2. The number of fused-ring (bicyclic) bond motifs is 8. The first-order valence-corrected chi connectivity index (χ1v) is 16.6. The van der Waals surface area contributed by atoms with Crippen molar-refractivity contribution in [3.8, 4) is 44.5 Å². The second-order valence-electron chi connectivity index (χ2n) is 12.5. The van der Waals surface area contributed by atoms with Crippen LogP contribution in [0.4, 0.5) is 17.6 Å². The molecular formula is C44H26CoF4N4. The van der Waals surface area contributed by atoms with E-state index in [1.54, 1.807) is 24.3 Å². The monoisotopic (exact) mass is 745 g/mol. The number of hydrogen-bond donors (Lipinski definition) is 2. The Morgan fingerprint density at radius 2 is 0.585 bits per heavy atom. The summed E-state index contributed by atoms with van der Waals surface area (Å²) in [6.45, 7) is 0. The van der Waals surface area contributed by atoms with Crippen molar-refractivity contribution >= 4 is 46.4 Å². The minimum Gasteiger partial charge on any atom is -0.354 e. The maximum absolute atomic E-state index is 14.8. The van der Waals surface area contributed by atoms with Gasteiger partial charge in [-0.3, -0.25) is 0 Å². The third kappa shape index (κ3) is 6.30. The number of aromatic nitrogens is 4. The van der Waals surface area contributed by atoms with Crippen LogP contribution in [0.15, 0.2) is 121 Å². The number of benzene rings is 4. The fourth-order valence-corrected chi connectivity index (χ4v) is 7.00. The van der Waals surface area contributed by atoms with Crippen molar-refractivity contribution in [2.75, 3.05) is 0 Å². The molecule has 8 bridgehead atoms. The van der Waals surface area contributed by atoms with Gasteiger partial charge in [-0.05, 0) is 119 Å². The molecule has 53 heavy (non-hydrogen) atoms. The van der Waals surface area contributed by atoms with Crippen molar-refractivity contribution in [1.82, 2.24) is 19.9 Å². The van der Waals surface area contributed by atoms with Crippen LogP contribution in [0.1, 0.15) is 22.8 Å². The Labute approximate surface area is 311 Å². The Bertz CT molecular complexity index is 2440. The number of nitrogens with one attached hydrogen (secondary N) is 2. The van der Waals surface area contributed by atoms with Gasteiger partial charge in [-0.1, -0.05) is 48.5 Å². The third-order valence-corrected chi connectivity index (χ3v) is 9.21. The number of rotatable bonds is 4. The Morgan fingerprint density at radius 1 is 0.340 bits per heavy atom. The Balaban J connectivity index is 0.00000400.